The molecule has 0 saturated carbocycles. The number of amides is 1. The number of para-hydroxylation sites is 1. The second-order valence-corrected chi connectivity index (χ2v) is 9.05. The van der Waals surface area contributed by atoms with Crippen LogP contribution < -0.4 is 20.7 Å². The Kier molecular flexibility index (Phi) is 5.79. The number of methoxy groups -OCH3 is 1. The summed E-state index contributed by atoms with van der Waals surface area (Å²) in [5.74, 6) is 1.78. The zero-order chi connectivity index (χ0) is 20.4. The predicted octanol–water partition coefficient (Wildman–Crippen LogP) is 2.07. The van der Waals surface area contributed by atoms with E-state index in [4.69, 9.17) is 4.74 Å². The molecule has 1 aliphatic rings. The third-order valence-electron chi connectivity index (χ3n) is 4.43. The molecule has 9 nitrogen and oxygen atoms in total. The van der Waals surface area contributed by atoms with Crippen molar-refractivity contribution in [2.24, 2.45) is 0 Å². The van der Waals surface area contributed by atoms with Crippen molar-refractivity contribution in [1.29, 1.82) is 0 Å². The Labute approximate surface area is 176 Å². The molecule has 11 heteroatoms. The van der Waals surface area contributed by atoms with Crippen molar-refractivity contribution < 1.29 is 9.53 Å². The molecule has 152 valence electrons. The molecule has 3 heterocycles. The number of aromatic nitrogens is 4. The third-order valence-corrected chi connectivity index (χ3v) is 6.56. The second kappa shape index (κ2) is 8.47. The molecular weight excluding hydrogens is 410 g/mol. The Balaban J connectivity index is 1.47. The molecule has 0 bridgehead atoms. The van der Waals surface area contributed by atoms with Gasteiger partial charge in [-0.25, -0.2) is 9.97 Å². The summed E-state index contributed by atoms with van der Waals surface area (Å²) in [4.78, 5) is 21.3. The lowest BCUT2D eigenvalue weighted by molar-refractivity contribution is -0.123. The summed E-state index contributed by atoms with van der Waals surface area (Å²) in [5.41, 5.74) is 1.56. The quantitative estimate of drug-likeness (QED) is 0.505. The van der Waals surface area contributed by atoms with Crippen LogP contribution in [0.5, 0.6) is 5.75 Å². The van der Waals surface area contributed by atoms with Gasteiger partial charge in [-0.15, -0.1) is 10.2 Å². The van der Waals surface area contributed by atoms with Gasteiger partial charge in [-0.2, -0.15) is 0 Å². The molecule has 2 unspecified atom stereocenters. The molecule has 1 saturated heterocycles. The van der Waals surface area contributed by atoms with Crippen LogP contribution in [-0.4, -0.2) is 51.3 Å². The highest BCUT2D eigenvalue weighted by Gasteiger charge is 2.26. The van der Waals surface area contributed by atoms with E-state index in [2.05, 4.69) is 36.1 Å². The number of ether oxygens (including phenoxy) is 1. The van der Waals surface area contributed by atoms with Crippen molar-refractivity contribution in [3.8, 4) is 5.75 Å². The van der Waals surface area contributed by atoms with Gasteiger partial charge in [-0.3, -0.25) is 10.1 Å². The van der Waals surface area contributed by atoms with Crippen molar-refractivity contribution in [3.63, 3.8) is 0 Å². The first-order chi connectivity index (χ1) is 14.0. The number of aryl methyl sites for hydroxylation is 2. The zero-order valence-electron chi connectivity index (χ0n) is 16.2. The van der Waals surface area contributed by atoms with Gasteiger partial charge in [-0.05, 0) is 19.9 Å². The second-order valence-electron chi connectivity index (χ2n) is 6.60. The van der Waals surface area contributed by atoms with Crippen molar-refractivity contribution >= 4 is 45.9 Å². The molecule has 2 aromatic heterocycles. The highest BCUT2D eigenvalue weighted by molar-refractivity contribution is 8.01. The van der Waals surface area contributed by atoms with Crippen LogP contribution >= 0.6 is 23.1 Å². The van der Waals surface area contributed by atoms with E-state index in [9.17, 15) is 4.79 Å². The Hall–Kier alpha value is -2.50. The maximum atomic E-state index is 12.2. The van der Waals surface area contributed by atoms with E-state index in [-0.39, 0.29) is 11.9 Å². The molecule has 1 aromatic carbocycles. The van der Waals surface area contributed by atoms with E-state index in [1.807, 2.05) is 32.0 Å². The van der Waals surface area contributed by atoms with Crippen LogP contribution in [-0.2, 0) is 4.79 Å². The molecule has 3 N–H and O–H groups in total. The number of carbonyl (C=O) groups is 1. The van der Waals surface area contributed by atoms with E-state index in [1.165, 1.54) is 0 Å². The van der Waals surface area contributed by atoms with Gasteiger partial charge < -0.3 is 15.4 Å². The van der Waals surface area contributed by atoms with Crippen LogP contribution in [0, 0.1) is 13.8 Å². The van der Waals surface area contributed by atoms with Crippen LogP contribution in [0.3, 0.4) is 0 Å². The van der Waals surface area contributed by atoms with Crippen LogP contribution in [0.1, 0.15) is 17.1 Å². The molecule has 0 radical (unpaired) electrons. The largest absolute Gasteiger partial charge is 0.494 e. The van der Waals surface area contributed by atoms with Crippen molar-refractivity contribution in [2.45, 2.75) is 36.9 Å². The number of anilines is 1. The molecule has 1 aliphatic heterocycles. The number of nitrogens with zero attached hydrogens (tertiary/aromatic N) is 4. The van der Waals surface area contributed by atoms with E-state index in [0.717, 1.165) is 25.9 Å². The molecule has 0 spiro atoms. The monoisotopic (exact) mass is 431 g/mol. The molecule has 29 heavy (non-hydrogen) atoms. The first-order valence-corrected chi connectivity index (χ1v) is 10.9. The average Bonchev–Trinajstić information content (AvgIpc) is 3.11. The maximum Gasteiger partial charge on any atom is 0.226 e. The van der Waals surface area contributed by atoms with Crippen molar-refractivity contribution in [1.82, 2.24) is 30.8 Å². The number of fused-ring (bicyclic) bond motifs is 1. The topological polar surface area (TPSA) is 114 Å². The van der Waals surface area contributed by atoms with E-state index in [0.29, 0.717) is 23.9 Å². The number of hydrogen-bond acceptors (Lipinski definition) is 10. The average molecular weight is 432 g/mol. The van der Waals surface area contributed by atoms with Gasteiger partial charge in [0.15, 0.2) is 10.6 Å². The summed E-state index contributed by atoms with van der Waals surface area (Å²) in [5, 5.41) is 19.4. The normalized spacial score (nSPS) is 19.2. The van der Waals surface area contributed by atoms with Crippen LogP contribution in [0.15, 0.2) is 22.5 Å². The standard InChI is InChI=1S/C18H21N7O2S2/c1-9-12-5-4-6-13(27-3)15(12)22-16(19-9)23-17-20-11(7-14(26)21-17)8-28-18-25-24-10(2)29-18/h4-6,11,17,20H,7-8H2,1-3H3,(H,21,26)(H,19,22,23). The van der Waals surface area contributed by atoms with Gasteiger partial charge in [0.2, 0.25) is 11.9 Å². The summed E-state index contributed by atoms with van der Waals surface area (Å²) < 4.78 is 6.32. The smallest absolute Gasteiger partial charge is 0.226 e. The Morgan fingerprint density at radius 1 is 1.31 bits per heavy atom. The molecule has 1 amide bonds. The molecule has 4 rings (SSSR count). The van der Waals surface area contributed by atoms with Crippen LogP contribution in [0.4, 0.5) is 5.95 Å². The summed E-state index contributed by atoms with van der Waals surface area (Å²) in [6.07, 6.45) is -0.0708. The number of rotatable bonds is 6. The lowest BCUT2D eigenvalue weighted by atomic mass is 10.2. The first-order valence-electron chi connectivity index (χ1n) is 9.08. The van der Waals surface area contributed by atoms with Crippen molar-refractivity contribution in [2.75, 3.05) is 18.2 Å². The van der Waals surface area contributed by atoms with Crippen molar-refractivity contribution in [3.05, 3.63) is 28.9 Å². The minimum atomic E-state index is -0.468. The predicted molar refractivity (Wildman–Crippen MR) is 113 cm³/mol. The van der Waals surface area contributed by atoms with Crippen LogP contribution in [0.2, 0.25) is 0 Å². The number of hydrogen-bond donors (Lipinski definition) is 3. The highest BCUT2D eigenvalue weighted by Crippen LogP contribution is 2.27. The van der Waals surface area contributed by atoms with E-state index < -0.39 is 6.29 Å². The third kappa shape index (κ3) is 4.57. The fraction of sp³-hybridized carbons (Fsp3) is 0.389. The molecular formula is C18H21N7O2S2. The fourth-order valence-electron chi connectivity index (χ4n) is 3.11. The number of benzene rings is 1. The molecule has 3 aromatic rings. The van der Waals surface area contributed by atoms with Gasteiger partial charge in [0.1, 0.15) is 16.3 Å². The summed E-state index contributed by atoms with van der Waals surface area (Å²) in [6.45, 7) is 3.85. The van der Waals surface area contributed by atoms with Gasteiger partial charge >= 0.3 is 0 Å². The fourth-order valence-corrected chi connectivity index (χ4v) is 4.99. The number of nitrogens with one attached hydrogen (secondary N) is 3. The first kappa shape index (κ1) is 19.8. The summed E-state index contributed by atoms with van der Waals surface area (Å²) in [6, 6.07) is 5.73. The van der Waals surface area contributed by atoms with Gasteiger partial charge in [0, 0.05) is 23.6 Å². The van der Waals surface area contributed by atoms with E-state index >= 15 is 0 Å². The summed E-state index contributed by atoms with van der Waals surface area (Å²) >= 11 is 3.15. The lowest BCUT2D eigenvalue weighted by Gasteiger charge is -2.31. The van der Waals surface area contributed by atoms with E-state index in [1.54, 1.807) is 30.2 Å². The van der Waals surface area contributed by atoms with Gasteiger partial charge in [-0.1, -0.05) is 35.2 Å². The maximum absolute atomic E-state index is 12.2. The number of carbonyl (C=O) groups excluding carboxylic acids is 1. The molecule has 2 atom stereocenters. The minimum Gasteiger partial charge on any atom is -0.494 e. The number of thioether (sulfide) groups is 1. The summed E-state index contributed by atoms with van der Waals surface area (Å²) in [7, 11) is 1.62. The molecule has 0 aliphatic carbocycles. The Morgan fingerprint density at radius 3 is 2.93 bits per heavy atom. The zero-order valence-corrected chi connectivity index (χ0v) is 17.9. The van der Waals surface area contributed by atoms with Gasteiger partial charge in [0.25, 0.3) is 0 Å². The van der Waals surface area contributed by atoms with Crippen LogP contribution in [0.25, 0.3) is 10.9 Å². The molecule has 1 fully saturated rings. The minimum absolute atomic E-state index is 0.00783. The Bertz CT molecular complexity index is 1040. The lowest BCUT2D eigenvalue weighted by Crippen LogP contribution is -2.60. The highest BCUT2D eigenvalue weighted by atomic mass is 32.2. The van der Waals surface area contributed by atoms with Gasteiger partial charge in [0.05, 0.1) is 12.8 Å². The Morgan fingerprint density at radius 2 is 2.17 bits per heavy atom. The SMILES string of the molecule is COc1cccc2c(C)nc(NC3NC(=O)CC(CSc4nnc(C)s4)N3)nc12.